The minimum atomic E-state index is -0.997. The van der Waals surface area contributed by atoms with Crippen molar-refractivity contribution in [1.29, 1.82) is 0 Å². The fourth-order valence-corrected chi connectivity index (χ4v) is 0.615. The zero-order valence-electron chi connectivity index (χ0n) is 7.60. The molecule has 0 saturated heterocycles. The maximum absolute atomic E-state index is 10.3. The second kappa shape index (κ2) is 6.19. The van der Waals surface area contributed by atoms with Crippen LogP contribution in [0, 0.1) is 0 Å². The van der Waals surface area contributed by atoms with E-state index in [2.05, 4.69) is 4.99 Å². The van der Waals surface area contributed by atoms with Gasteiger partial charge in [0.05, 0.1) is 12.4 Å². The van der Waals surface area contributed by atoms with Gasteiger partial charge in [0, 0.05) is 0 Å². The van der Waals surface area contributed by atoms with Gasteiger partial charge in [0.25, 0.3) is 0 Å². The summed E-state index contributed by atoms with van der Waals surface area (Å²) in [4.78, 5) is 14.2. The Morgan fingerprint density at radius 1 is 1.62 bits per heavy atom. The molecule has 1 unspecified atom stereocenters. The van der Waals surface area contributed by atoms with E-state index >= 15 is 0 Å². The van der Waals surface area contributed by atoms with Crippen molar-refractivity contribution in [2.75, 3.05) is 6.54 Å². The van der Waals surface area contributed by atoms with Crippen LogP contribution < -0.4 is 11.5 Å². The van der Waals surface area contributed by atoms with Crippen molar-refractivity contribution in [1.82, 2.24) is 0 Å². The molecule has 13 heavy (non-hydrogen) atoms. The van der Waals surface area contributed by atoms with Crippen LogP contribution >= 0.6 is 0 Å². The summed E-state index contributed by atoms with van der Waals surface area (Å²) in [6.07, 6.45) is 3.73. The van der Waals surface area contributed by atoms with Crippen molar-refractivity contribution >= 4 is 11.8 Å². The van der Waals surface area contributed by atoms with Gasteiger partial charge < -0.3 is 16.6 Å². The summed E-state index contributed by atoms with van der Waals surface area (Å²) < 4.78 is 0. The van der Waals surface area contributed by atoms with Crippen LogP contribution in [-0.2, 0) is 4.79 Å². The van der Waals surface area contributed by atoms with E-state index in [0.29, 0.717) is 18.8 Å². The quantitative estimate of drug-likeness (QED) is 0.311. The highest BCUT2D eigenvalue weighted by Gasteiger charge is 2.07. The number of nitrogens with two attached hydrogens (primary N) is 2. The Balaban J connectivity index is 3.64. The molecule has 0 aromatic carbocycles. The maximum atomic E-state index is 10.3. The van der Waals surface area contributed by atoms with Crippen molar-refractivity contribution in [3.8, 4) is 0 Å². The summed E-state index contributed by atoms with van der Waals surface area (Å²) in [5.41, 5.74) is 10.5. The molecule has 0 bridgehead atoms. The second-order valence-corrected chi connectivity index (χ2v) is 2.63. The molecule has 0 saturated carbocycles. The normalized spacial score (nSPS) is 14.8. The number of carboxylic acids is 1. The average Bonchev–Trinajstić information content (AvgIpc) is 2.02. The van der Waals surface area contributed by atoms with Crippen LogP contribution in [0.5, 0.6) is 0 Å². The van der Waals surface area contributed by atoms with E-state index in [1.807, 2.05) is 0 Å². The van der Waals surface area contributed by atoms with Crippen molar-refractivity contribution in [3.05, 3.63) is 12.2 Å². The van der Waals surface area contributed by atoms with Gasteiger partial charge >= 0.3 is 5.97 Å². The van der Waals surface area contributed by atoms with E-state index in [9.17, 15) is 4.79 Å². The number of aliphatic carboxylic acids is 1. The Morgan fingerprint density at radius 2 is 2.23 bits per heavy atom. The van der Waals surface area contributed by atoms with Gasteiger partial charge in [-0.15, -0.1) is 0 Å². The van der Waals surface area contributed by atoms with E-state index < -0.39 is 12.0 Å². The molecule has 0 radical (unpaired) electrons. The third-order valence-electron chi connectivity index (χ3n) is 1.32. The summed E-state index contributed by atoms with van der Waals surface area (Å²) in [7, 11) is 0. The minimum absolute atomic E-state index is 0.314. The number of carbonyl (C=O) groups is 1. The number of amidine groups is 1. The first-order chi connectivity index (χ1) is 6.04. The molecule has 5 nitrogen and oxygen atoms in total. The molecule has 0 spiro atoms. The van der Waals surface area contributed by atoms with E-state index in [1.165, 1.54) is 0 Å². The zero-order valence-corrected chi connectivity index (χ0v) is 7.60. The lowest BCUT2D eigenvalue weighted by Gasteiger charge is -1.99. The van der Waals surface area contributed by atoms with Crippen LogP contribution in [0.3, 0.4) is 0 Å². The predicted molar refractivity (Wildman–Crippen MR) is 51.5 cm³/mol. The van der Waals surface area contributed by atoms with Crippen molar-refractivity contribution in [2.45, 2.75) is 19.4 Å². The fourth-order valence-electron chi connectivity index (χ4n) is 0.615. The van der Waals surface area contributed by atoms with Crippen molar-refractivity contribution in [3.63, 3.8) is 0 Å². The SMILES string of the molecule is CC(N)=NC/C=C/CC(N)C(=O)O. The molecule has 0 fully saturated rings. The van der Waals surface area contributed by atoms with Crippen LogP contribution in [-0.4, -0.2) is 29.5 Å². The summed E-state index contributed by atoms with van der Waals surface area (Å²) in [5, 5.41) is 8.42. The molecule has 0 amide bonds. The molecular formula is C8H15N3O2. The van der Waals surface area contributed by atoms with E-state index in [0.717, 1.165) is 0 Å². The third-order valence-corrected chi connectivity index (χ3v) is 1.32. The first-order valence-electron chi connectivity index (χ1n) is 3.94. The van der Waals surface area contributed by atoms with Crippen LogP contribution in [0.25, 0.3) is 0 Å². The molecule has 5 N–H and O–H groups in total. The minimum Gasteiger partial charge on any atom is -0.480 e. The highest BCUT2D eigenvalue weighted by molar-refractivity contribution is 5.77. The number of nitrogens with zero attached hydrogens (tertiary/aromatic N) is 1. The number of hydrogen-bond acceptors (Lipinski definition) is 3. The molecule has 0 aromatic heterocycles. The predicted octanol–water partition coefficient (Wildman–Crippen LogP) is -0.278. The summed E-state index contributed by atoms with van der Waals surface area (Å²) in [6.45, 7) is 2.16. The number of aliphatic imine (C=N–C) groups is 1. The first-order valence-corrected chi connectivity index (χ1v) is 3.94. The van der Waals surface area contributed by atoms with Crippen LogP contribution in [0.15, 0.2) is 17.1 Å². The molecule has 0 heterocycles. The smallest absolute Gasteiger partial charge is 0.320 e. The highest BCUT2D eigenvalue weighted by atomic mass is 16.4. The lowest BCUT2D eigenvalue weighted by atomic mass is 10.2. The molecule has 0 aromatic rings. The van der Waals surface area contributed by atoms with Gasteiger partial charge in [-0.3, -0.25) is 9.79 Å². The topological polar surface area (TPSA) is 102 Å². The Kier molecular flexibility index (Phi) is 5.54. The van der Waals surface area contributed by atoms with Crippen molar-refractivity contribution in [2.24, 2.45) is 16.5 Å². The summed E-state index contributed by atoms with van der Waals surface area (Å²) in [6, 6.07) is -0.834. The standard InChI is InChI=1S/C8H15N3O2/c1-6(9)11-5-3-2-4-7(10)8(12)13/h2-3,7H,4-5,10H2,1H3,(H2,9,11)(H,12,13)/b3-2+. The van der Waals surface area contributed by atoms with E-state index in [1.54, 1.807) is 19.1 Å². The van der Waals surface area contributed by atoms with Crippen LogP contribution in [0.2, 0.25) is 0 Å². The molecule has 74 valence electrons. The Hall–Kier alpha value is -1.36. The zero-order chi connectivity index (χ0) is 10.3. The lowest BCUT2D eigenvalue weighted by molar-refractivity contribution is -0.138. The number of carboxylic acid groups (broad SMARTS) is 1. The maximum Gasteiger partial charge on any atom is 0.320 e. The van der Waals surface area contributed by atoms with Gasteiger partial charge in [-0.2, -0.15) is 0 Å². The Labute approximate surface area is 77.1 Å². The van der Waals surface area contributed by atoms with Crippen molar-refractivity contribution < 1.29 is 9.90 Å². The fraction of sp³-hybridized carbons (Fsp3) is 0.500. The van der Waals surface area contributed by atoms with E-state index in [4.69, 9.17) is 16.6 Å². The van der Waals surface area contributed by atoms with Crippen LogP contribution in [0.4, 0.5) is 0 Å². The molecule has 0 aliphatic heterocycles. The van der Waals surface area contributed by atoms with Gasteiger partial charge in [-0.1, -0.05) is 12.2 Å². The van der Waals surface area contributed by atoms with Gasteiger partial charge in [0.1, 0.15) is 6.04 Å². The van der Waals surface area contributed by atoms with Crippen LogP contribution in [0.1, 0.15) is 13.3 Å². The molecule has 5 heteroatoms. The molecule has 0 aliphatic rings. The molecule has 0 aliphatic carbocycles. The van der Waals surface area contributed by atoms with Gasteiger partial charge in [0.2, 0.25) is 0 Å². The third kappa shape index (κ3) is 7.02. The first kappa shape index (κ1) is 11.6. The number of hydrogen-bond donors (Lipinski definition) is 3. The monoisotopic (exact) mass is 185 g/mol. The summed E-state index contributed by atoms with van der Waals surface area (Å²) in [5.74, 6) is -0.490. The Bertz CT molecular complexity index is 219. The Morgan fingerprint density at radius 3 is 2.69 bits per heavy atom. The lowest BCUT2D eigenvalue weighted by Crippen LogP contribution is -2.29. The highest BCUT2D eigenvalue weighted by Crippen LogP contribution is 1.90. The largest absolute Gasteiger partial charge is 0.480 e. The average molecular weight is 185 g/mol. The molecule has 1 atom stereocenters. The molecule has 0 rings (SSSR count). The van der Waals surface area contributed by atoms with Gasteiger partial charge in [-0.05, 0) is 13.3 Å². The van der Waals surface area contributed by atoms with Gasteiger partial charge in [-0.25, -0.2) is 0 Å². The van der Waals surface area contributed by atoms with E-state index in [-0.39, 0.29) is 0 Å². The van der Waals surface area contributed by atoms with Gasteiger partial charge in [0.15, 0.2) is 0 Å². The summed E-state index contributed by atoms with van der Waals surface area (Å²) >= 11 is 0. The molecular weight excluding hydrogens is 170 g/mol. The number of rotatable bonds is 5. The second-order valence-electron chi connectivity index (χ2n) is 2.63.